The van der Waals surface area contributed by atoms with Gasteiger partial charge in [0.25, 0.3) is 0 Å². The van der Waals surface area contributed by atoms with Crippen LogP contribution < -0.4 is 5.32 Å². The van der Waals surface area contributed by atoms with Crippen LogP contribution in [0.25, 0.3) is 0 Å². The zero-order valence-electron chi connectivity index (χ0n) is 14.8. The van der Waals surface area contributed by atoms with Crippen LogP contribution in [0.1, 0.15) is 51.0 Å². The Morgan fingerprint density at radius 2 is 1.84 bits per heavy atom. The monoisotopic (exact) mass is 380 g/mol. The third-order valence-electron chi connectivity index (χ3n) is 4.70. The van der Waals surface area contributed by atoms with Crippen LogP contribution in [0.4, 0.5) is 13.2 Å². The first-order valence-corrected chi connectivity index (χ1v) is 8.76. The van der Waals surface area contributed by atoms with Gasteiger partial charge in [-0.25, -0.2) is 0 Å². The van der Waals surface area contributed by atoms with Crippen molar-refractivity contribution in [2.24, 2.45) is 0 Å². The highest BCUT2D eigenvalue weighted by Crippen LogP contribution is 2.36. The van der Waals surface area contributed by atoms with E-state index in [2.05, 4.69) is 29.2 Å². The molecule has 1 N–H and O–H groups in total. The van der Waals surface area contributed by atoms with E-state index in [1.54, 1.807) is 0 Å². The van der Waals surface area contributed by atoms with Gasteiger partial charge in [0.1, 0.15) is 6.04 Å². The maximum atomic E-state index is 12.9. The van der Waals surface area contributed by atoms with E-state index in [0.29, 0.717) is 6.04 Å². The second-order valence-electron chi connectivity index (χ2n) is 6.78. The molecule has 5 nitrogen and oxygen atoms in total. The zero-order chi connectivity index (χ0) is 18.9. The number of halogens is 4. The van der Waals surface area contributed by atoms with Crippen LogP contribution in [-0.2, 0) is 11.0 Å². The molecule has 142 valence electrons. The lowest BCUT2D eigenvalue weighted by Gasteiger charge is -2.35. The molecular formula is C16H24ClF3N4O. The molecule has 1 aliphatic rings. The molecule has 0 aliphatic carbocycles. The lowest BCUT2D eigenvalue weighted by Crippen LogP contribution is -2.48. The van der Waals surface area contributed by atoms with Crippen LogP contribution in [0.5, 0.6) is 0 Å². The number of hydrogen-bond acceptors (Lipinski definition) is 3. The maximum Gasteiger partial charge on any atom is 0.436 e. The Morgan fingerprint density at radius 1 is 1.28 bits per heavy atom. The number of aromatic nitrogens is 2. The Kier molecular flexibility index (Phi) is 6.04. The predicted octanol–water partition coefficient (Wildman–Crippen LogP) is 3.41. The number of alkyl halides is 3. The first-order valence-electron chi connectivity index (χ1n) is 8.38. The number of nitrogens with zero attached hydrogens (tertiary/aromatic N) is 3. The highest BCUT2D eigenvalue weighted by molar-refractivity contribution is 6.32. The van der Waals surface area contributed by atoms with Gasteiger partial charge in [0, 0.05) is 25.2 Å². The van der Waals surface area contributed by atoms with Gasteiger partial charge >= 0.3 is 6.18 Å². The number of nitrogens with one attached hydrogen (secondary N) is 1. The summed E-state index contributed by atoms with van der Waals surface area (Å²) in [5, 5.41) is 5.98. The van der Waals surface area contributed by atoms with Crippen molar-refractivity contribution < 1.29 is 18.0 Å². The van der Waals surface area contributed by atoms with Gasteiger partial charge < -0.3 is 10.2 Å². The van der Waals surface area contributed by atoms with Gasteiger partial charge in [-0.3, -0.25) is 9.48 Å². The van der Waals surface area contributed by atoms with E-state index in [0.717, 1.165) is 30.6 Å². The highest BCUT2D eigenvalue weighted by Gasteiger charge is 2.39. The Bertz CT molecular complexity index is 622. The third kappa shape index (κ3) is 4.47. The summed E-state index contributed by atoms with van der Waals surface area (Å²) in [5.41, 5.74) is -1.03. The fourth-order valence-corrected chi connectivity index (χ4v) is 3.28. The molecule has 0 bridgehead atoms. The molecule has 1 aromatic heterocycles. The number of rotatable bonds is 4. The van der Waals surface area contributed by atoms with Crippen molar-refractivity contribution in [2.45, 2.75) is 64.8 Å². The van der Waals surface area contributed by atoms with E-state index in [1.807, 2.05) is 0 Å². The molecule has 25 heavy (non-hydrogen) atoms. The number of likely N-dealkylation sites (tertiary alicyclic amines) is 1. The summed E-state index contributed by atoms with van der Waals surface area (Å²) < 4.78 is 39.8. The van der Waals surface area contributed by atoms with Gasteiger partial charge in [0.2, 0.25) is 5.91 Å². The third-order valence-corrected chi connectivity index (χ3v) is 5.15. The largest absolute Gasteiger partial charge is 0.436 e. The minimum Gasteiger partial charge on any atom is -0.351 e. The van der Waals surface area contributed by atoms with E-state index in [4.69, 9.17) is 11.6 Å². The summed E-state index contributed by atoms with van der Waals surface area (Å²) >= 11 is 5.74. The smallest absolute Gasteiger partial charge is 0.351 e. The number of piperidine rings is 1. The lowest BCUT2D eigenvalue weighted by molar-refractivity contribution is -0.142. The lowest BCUT2D eigenvalue weighted by atomic mass is 10.0. The van der Waals surface area contributed by atoms with Crippen molar-refractivity contribution in [3.63, 3.8) is 0 Å². The van der Waals surface area contributed by atoms with Crippen LogP contribution in [0.2, 0.25) is 5.02 Å². The number of amides is 1. The summed E-state index contributed by atoms with van der Waals surface area (Å²) in [6, 6.07) is -0.375. The molecule has 1 aromatic rings. The fourth-order valence-electron chi connectivity index (χ4n) is 3.05. The summed E-state index contributed by atoms with van der Waals surface area (Å²) in [6.45, 7) is 8.99. The molecule has 2 rings (SSSR count). The summed E-state index contributed by atoms with van der Waals surface area (Å²) in [6.07, 6.45) is -3.00. The fraction of sp³-hybridized carbons (Fsp3) is 0.750. The molecule has 1 saturated heterocycles. The summed E-state index contributed by atoms with van der Waals surface area (Å²) in [4.78, 5) is 14.8. The molecule has 1 atom stereocenters. The molecular weight excluding hydrogens is 357 g/mol. The molecule has 9 heteroatoms. The summed E-state index contributed by atoms with van der Waals surface area (Å²) in [7, 11) is 0. The molecule has 1 fully saturated rings. The normalized spacial score (nSPS) is 18.6. The molecule has 2 heterocycles. The number of carbonyl (C=O) groups is 1. The number of hydrogen-bond donors (Lipinski definition) is 1. The summed E-state index contributed by atoms with van der Waals surface area (Å²) in [5.74, 6) is -0.348. The van der Waals surface area contributed by atoms with Crippen LogP contribution in [-0.4, -0.2) is 45.8 Å². The van der Waals surface area contributed by atoms with Crippen LogP contribution in [0, 0.1) is 6.92 Å². The molecule has 1 aliphatic heterocycles. The van der Waals surface area contributed by atoms with Gasteiger partial charge in [-0.05, 0) is 40.5 Å². The van der Waals surface area contributed by atoms with Crippen molar-refractivity contribution in [1.82, 2.24) is 20.0 Å². The van der Waals surface area contributed by atoms with Gasteiger partial charge in [-0.1, -0.05) is 11.6 Å². The minimum atomic E-state index is -4.65. The molecule has 1 amide bonds. The Balaban J connectivity index is 2.04. The van der Waals surface area contributed by atoms with Crippen LogP contribution >= 0.6 is 11.6 Å². The molecule has 0 spiro atoms. The minimum absolute atomic E-state index is 0.0263. The average molecular weight is 381 g/mol. The van der Waals surface area contributed by atoms with Crippen LogP contribution in [0.15, 0.2) is 0 Å². The van der Waals surface area contributed by atoms with Crippen molar-refractivity contribution >= 4 is 17.5 Å². The van der Waals surface area contributed by atoms with Crippen LogP contribution in [0.3, 0.4) is 0 Å². The topological polar surface area (TPSA) is 50.2 Å². The second kappa shape index (κ2) is 7.53. The van der Waals surface area contributed by atoms with E-state index in [-0.39, 0.29) is 17.6 Å². The first kappa shape index (κ1) is 20.0. The molecule has 0 aromatic carbocycles. The van der Waals surface area contributed by atoms with Gasteiger partial charge in [-0.2, -0.15) is 18.3 Å². The predicted molar refractivity (Wildman–Crippen MR) is 89.6 cm³/mol. The molecule has 0 unspecified atom stereocenters. The van der Waals surface area contributed by atoms with E-state index >= 15 is 0 Å². The Morgan fingerprint density at radius 3 is 2.28 bits per heavy atom. The maximum absolute atomic E-state index is 12.9. The van der Waals surface area contributed by atoms with Crippen molar-refractivity contribution in [1.29, 1.82) is 0 Å². The van der Waals surface area contributed by atoms with E-state index in [1.165, 1.54) is 13.8 Å². The Hall–Kier alpha value is -1.28. The van der Waals surface area contributed by atoms with Crippen molar-refractivity contribution in [3.8, 4) is 0 Å². The second-order valence-corrected chi connectivity index (χ2v) is 7.16. The molecule has 0 radical (unpaired) electrons. The quantitative estimate of drug-likeness (QED) is 0.870. The standard InChI is InChI=1S/C16H24ClF3N4O/c1-9(2)23-7-5-12(6-8-23)21-15(25)11(4)24-10(3)13(17)14(22-24)16(18,19)20/h9,11-12H,5-8H2,1-4H3,(H,21,25)/t11-/m1/s1. The van der Waals surface area contributed by atoms with Crippen molar-refractivity contribution in [3.05, 3.63) is 16.4 Å². The van der Waals surface area contributed by atoms with Gasteiger partial charge in [0.15, 0.2) is 5.69 Å². The van der Waals surface area contributed by atoms with E-state index < -0.39 is 22.9 Å². The average Bonchev–Trinajstić information content (AvgIpc) is 2.83. The Labute approximate surface area is 150 Å². The first-order chi connectivity index (χ1) is 11.5. The van der Waals surface area contributed by atoms with Crippen molar-refractivity contribution in [2.75, 3.05) is 13.1 Å². The van der Waals surface area contributed by atoms with Gasteiger partial charge in [0.05, 0.1) is 10.7 Å². The van der Waals surface area contributed by atoms with E-state index in [9.17, 15) is 18.0 Å². The molecule has 0 saturated carbocycles. The SMILES string of the molecule is Cc1c(Cl)c(C(F)(F)F)nn1[C@H](C)C(=O)NC1CCN(C(C)C)CC1. The number of carbonyl (C=O) groups excluding carboxylic acids is 1. The zero-order valence-corrected chi connectivity index (χ0v) is 15.6. The highest BCUT2D eigenvalue weighted by atomic mass is 35.5. The van der Waals surface area contributed by atoms with Gasteiger partial charge in [-0.15, -0.1) is 0 Å².